The maximum Gasteiger partial charge on any atom is 0.144 e. The molecule has 0 unspecified atom stereocenters. The second kappa shape index (κ2) is 23.9. The summed E-state index contributed by atoms with van der Waals surface area (Å²) in [5.41, 5.74) is 3.84. The van der Waals surface area contributed by atoms with Crippen molar-refractivity contribution in [2.45, 2.75) is 155 Å². The van der Waals surface area contributed by atoms with Gasteiger partial charge in [-0.25, -0.2) is 4.44 Å². The van der Waals surface area contributed by atoms with Gasteiger partial charge in [0.05, 0.1) is 16.1 Å². The van der Waals surface area contributed by atoms with Crippen LogP contribution >= 0.6 is 16.1 Å². The van der Waals surface area contributed by atoms with Crippen LogP contribution in [0.15, 0.2) is 142 Å². The Kier molecular flexibility index (Phi) is 17.7. The van der Waals surface area contributed by atoms with E-state index in [1.807, 2.05) is 0 Å². The summed E-state index contributed by atoms with van der Waals surface area (Å²) < 4.78 is 16.7. The van der Waals surface area contributed by atoms with E-state index in [9.17, 15) is 0 Å². The molecule has 0 aliphatic heterocycles. The van der Waals surface area contributed by atoms with Crippen molar-refractivity contribution in [1.29, 1.82) is 0 Å². The van der Waals surface area contributed by atoms with E-state index < -0.39 is 32.3 Å². The summed E-state index contributed by atoms with van der Waals surface area (Å²) >= 11 is 0. The molecule has 0 radical (unpaired) electrons. The zero-order chi connectivity index (χ0) is 47.5. The van der Waals surface area contributed by atoms with Crippen LogP contribution in [0.25, 0.3) is 43.9 Å². The summed E-state index contributed by atoms with van der Waals surface area (Å²) in [5.74, 6) is 0. The first-order valence-electron chi connectivity index (χ1n) is 26.7. The van der Waals surface area contributed by atoms with Crippen molar-refractivity contribution < 1.29 is 8.83 Å². The van der Waals surface area contributed by atoms with Crippen molar-refractivity contribution in [2.75, 3.05) is 7.05 Å². The Balaban J connectivity index is 1.35. The maximum atomic E-state index is 6.97. The predicted molar refractivity (Wildman–Crippen MR) is 310 cm³/mol. The van der Waals surface area contributed by atoms with Gasteiger partial charge < -0.3 is 8.83 Å². The van der Waals surface area contributed by atoms with Crippen LogP contribution in [0.5, 0.6) is 0 Å². The number of rotatable bonds is 26. The molecule has 0 N–H and O–H groups in total. The number of unbranched alkanes of at least 4 members (excludes halogenated alkanes) is 6. The molecule has 8 aromatic rings. The Morgan fingerprint density at radius 1 is 0.368 bits per heavy atom. The van der Waals surface area contributed by atoms with Gasteiger partial charge in [0.1, 0.15) is 22.3 Å². The fourth-order valence-corrected chi connectivity index (χ4v) is 28.4. The first-order valence-corrected chi connectivity index (χ1v) is 34.5. The third kappa shape index (κ3) is 10.6. The monoisotopic (exact) mass is 976 g/mol. The van der Waals surface area contributed by atoms with Crippen LogP contribution in [-0.4, -0.2) is 27.6 Å². The van der Waals surface area contributed by atoms with E-state index in [2.05, 4.69) is 186 Å². The Hall–Kier alpha value is -3.83. The fraction of sp³-hybridized carbons (Fsp3) is 0.410. The predicted octanol–water partition coefficient (Wildman–Crippen LogP) is 16.9. The van der Waals surface area contributed by atoms with Crippen molar-refractivity contribution in [3.05, 3.63) is 133 Å². The minimum Gasteiger partial charge on any atom is -0.455 e. The average molecular weight is 976 g/mol. The molecular formula is C61H79NO2P2Si2. The molecule has 68 heavy (non-hydrogen) atoms. The lowest BCUT2D eigenvalue weighted by Crippen LogP contribution is -2.48. The highest BCUT2D eigenvalue weighted by Crippen LogP contribution is 2.55. The van der Waals surface area contributed by atoms with Gasteiger partial charge in [0.2, 0.25) is 0 Å². The van der Waals surface area contributed by atoms with E-state index in [0.29, 0.717) is 0 Å². The molecule has 0 saturated carbocycles. The highest BCUT2D eigenvalue weighted by Gasteiger charge is 2.37. The van der Waals surface area contributed by atoms with Gasteiger partial charge in [0.15, 0.2) is 0 Å². The minimum atomic E-state index is -1.70. The molecule has 7 heteroatoms. The van der Waals surface area contributed by atoms with Crippen molar-refractivity contribution >= 4 is 108 Å². The van der Waals surface area contributed by atoms with Crippen LogP contribution in [0, 0.1) is 0 Å². The minimum absolute atomic E-state index is 0.937. The van der Waals surface area contributed by atoms with Gasteiger partial charge in [-0.05, 0) is 41.9 Å². The third-order valence-electron chi connectivity index (χ3n) is 15.3. The van der Waals surface area contributed by atoms with E-state index in [0.717, 1.165) is 22.3 Å². The number of fused-ring (bicyclic) bond motifs is 6. The van der Waals surface area contributed by atoms with Crippen LogP contribution < -0.4 is 31.6 Å². The van der Waals surface area contributed by atoms with Crippen molar-refractivity contribution in [3.63, 3.8) is 0 Å². The SMILES string of the molecule is CCCC[Si](CCCC)(CCCC)c1ccc(P(c2ccc([Si](CCCC)(CCCC)CCCC)cc2)N(C)P(c2cccc3c2oc2ccccc23)c2cccc3c2oc2ccccc23)cc1. The molecule has 8 rings (SSSR count). The van der Waals surface area contributed by atoms with Crippen LogP contribution in [0.3, 0.4) is 0 Å². The molecule has 2 heterocycles. The summed E-state index contributed by atoms with van der Waals surface area (Å²) in [6.07, 6.45) is 15.7. The molecule has 2 aromatic heterocycles. The molecule has 0 aliphatic rings. The second-order valence-corrected chi connectivity index (χ2v) is 33.9. The number of para-hydroxylation sites is 4. The normalized spacial score (nSPS) is 12.6. The van der Waals surface area contributed by atoms with E-state index in [-0.39, 0.29) is 0 Å². The van der Waals surface area contributed by atoms with Gasteiger partial charge in [0, 0.05) is 48.3 Å². The fourth-order valence-electron chi connectivity index (χ4n) is 11.4. The second-order valence-electron chi connectivity index (χ2n) is 19.9. The van der Waals surface area contributed by atoms with Crippen molar-refractivity contribution in [3.8, 4) is 0 Å². The first-order chi connectivity index (χ1) is 33.4. The zero-order valence-electron chi connectivity index (χ0n) is 42.6. The molecular weight excluding hydrogens is 897 g/mol. The molecule has 0 fully saturated rings. The van der Waals surface area contributed by atoms with E-state index in [4.69, 9.17) is 8.83 Å². The molecule has 0 amide bonds. The summed E-state index contributed by atoms with van der Waals surface area (Å²) in [5, 5.41) is 13.4. The Morgan fingerprint density at radius 3 is 1.03 bits per heavy atom. The van der Waals surface area contributed by atoms with Gasteiger partial charge in [-0.2, -0.15) is 0 Å². The topological polar surface area (TPSA) is 29.5 Å². The van der Waals surface area contributed by atoms with Gasteiger partial charge in [-0.15, -0.1) is 0 Å². The lowest BCUT2D eigenvalue weighted by Gasteiger charge is -2.37. The number of nitrogens with zero attached hydrogens (tertiary/aromatic N) is 1. The summed E-state index contributed by atoms with van der Waals surface area (Å²) in [7, 11) is -3.18. The molecule has 0 aliphatic carbocycles. The van der Waals surface area contributed by atoms with Gasteiger partial charge in [-0.3, -0.25) is 0 Å². The van der Waals surface area contributed by atoms with Crippen LogP contribution in [-0.2, 0) is 0 Å². The van der Waals surface area contributed by atoms with E-state index >= 15 is 0 Å². The zero-order valence-corrected chi connectivity index (χ0v) is 46.4. The van der Waals surface area contributed by atoms with Gasteiger partial charge >= 0.3 is 0 Å². The lowest BCUT2D eigenvalue weighted by atomic mass is 10.1. The molecule has 0 atom stereocenters. The quantitative estimate of drug-likeness (QED) is 0.0400. The highest BCUT2D eigenvalue weighted by atomic mass is 31.2. The lowest BCUT2D eigenvalue weighted by molar-refractivity contribution is 0.670. The maximum absolute atomic E-state index is 6.97. The Labute approximate surface area is 414 Å². The Morgan fingerprint density at radius 2 is 0.691 bits per heavy atom. The van der Waals surface area contributed by atoms with E-state index in [1.165, 1.54) is 156 Å². The van der Waals surface area contributed by atoms with E-state index in [1.54, 1.807) is 10.4 Å². The molecule has 358 valence electrons. The third-order valence-corrected chi connectivity index (χ3v) is 31.7. The van der Waals surface area contributed by atoms with Crippen LogP contribution in [0.2, 0.25) is 36.3 Å². The molecule has 0 saturated heterocycles. The number of furan rings is 2. The molecule has 0 bridgehead atoms. The standard InChI is InChI=1S/C61H79NO2P2Si2/c1-8-14-42-67(43-15-9-2,44-16-10-3)50-38-34-48(35-39-50)65(49-36-40-51(41-37-49)68(45-17-11-4,46-18-12-5)47-19-13-6)62(7)66(58-32-24-28-54-52-26-20-22-30-56(52)63-60(54)58)59-33-25-29-55-53-27-21-23-31-57(53)64-61(55)59/h20-41H,8-19,42-47H2,1-7H3. The number of hydrogen-bond donors (Lipinski definition) is 0. The first kappa shape index (κ1) is 50.6. The van der Waals surface area contributed by atoms with Crippen LogP contribution in [0.4, 0.5) is 0 Å². The molecule has 3 nitrogen and oxygen atoms in total. The van der Waals surface area contributed by atoms with Gasteiger partial charge in [0.25, 0.3) is 0 Å². The smallest absolute Gasteiger partial charge is 0.144 e. The van der Waals surface area contributed by atoms with Gasteiger partial charge in [-0.1, -0.05) is 274 Å². The average Bonchev–Trinajstić information content (AvgIpc) is 3.96. The van der Waals surface area contributed by atoms with Crippen molar-refractivity contribution in [1.82, 2.24) is 4.44 Å². The largest absolute Gasteiger partial charge is 0.455 e. The molecule has 0 spiro atoms. The summed E-state index contributed by atoms with van der Waals surface area (Å²) in [6.45, 7) is 14.3. The molecule has 6 aromatic carbocycles. The number of hydrogen-bond acceptors (Lipinski definition) is 3. The summed E-state index contributed by atoms with van der Waals surface area (Å²) in [6, 6.07) is 60.1. The number of benzene rings is 6. The van der Waals surface area contributed by atoms with Crippen molar-refractivity contribution in [2.24, 2.45) is 0 Å². The highest BCUT2D eigenvalue weighted by molar-refractivity contribution is 7.85. The van der Waals surface area contributed by atoms with Crippen LogP contribution in [0.1, 0.15) is 119 Å². The summed E-state index contributed by atoms with van der Waals surface area (Å²) in [4.78, 5) is 0. The Bertz CT molecular complexity index is 2600.